The van der Waals surface area contributed by atoms with Crippen LogP contribution in [0.1, 0.15) is 45.0 Å². The Morgan fingerprint density at radius 2 is 1.51 bits per heavy atom. The third-order valence-electron chi connectivity index (χ3n) is 7.19. The van der Waals surface area contributed by atoms with Crippen LogP contribution in [-0.2, 0) is 38.1 Å². The molecule has 0 radical (unpaired) electrons. The fourth-order valence-electron chi connectivity index (χ4n) is 5.62. The summed E-state index contributed by atoms with van der Waals surface area (Å²) in [5.74, 6) is -1.76. The number of esters is 4. The number of pyridine rings is 1. The van der Waals surface area contributed by atoms with Crippen molar-refractivity contribution >= 4 is 56.5 Å². The highest BCUT2D eigenvalue weighted by molar-refractivity contribution is 6.16. The highest BCUT2D eigenvalue weighted by Crippen LogP contribution is 2.38. The zero-order chi connectivity index (χ0) is 29.6. The minimum Gasteiger partial charge on any atom is -0.456 e. The molecule has 0 saturated carbocycles. The Labute approximate surface area is 235 Å². The number of carbonyl (C=O) groups excluding carboxylic acids is 4. The van der Waals surface area contributed by atoms with E-state index in [-0.39, 0.29) is 6.61 Å². The molecule has 3 heterocycles. The molecule has 1 N–H and O–H groups in total. The minimum atomic E-state index is -1.10. The molecule has 1 fully saturated rings. The van der Waals surface area contributed by atoms with E-state index in [0.717, 1.165) is 43.7 Å². The molecule has 11 heteroatoms. The molecule has 0 bridgehead atoms. The summed E-state index contributed by atoms with van der Waals surface area (Å²) in [6.07, 6.45) is -0.320. The number of nitrogens with one attached hydrogen (secondary N) is 1. The van der Waals surface area contributed by atoms with Gasteiger partial charge in [0.25, 0.3) is 0 Å². The molecule has 2 aromatic carbocycles. The van der Waals surface area contributed by atoms with E-state index >= 15 is 0 Å². The summed E-state index contributed by atoms with van der Waals surface area (Å²) >= 11 is 0. The maximum atomic E-state index is 12.1. The molecule has 11 nitrogen and oxygen atoms in total. The number of benzene rings is 2. The van der Waals surface area contributed by atoms with Crippen LogP contribution in [-0.4, -0.2) is 53.8 Å². The summed E-state index contributed by atoms with van der Waals surface area (Å²) in [5.41, 5.74) is 3.85. The monoisotopic (exact) mass is 563 g/mol. The first-order valence-electron chi connectivity index (χ1n) is 13.2. The number of rotatable bonds is 5. The van der Waals surface area contributed by atoms with E-state index in [1.54, 1.807) is 16.8 Å². The maximum absolute atomic E-state index is 12.1. The highest BCUT2D eigenvalue weighted by atomic mass is 16.6. The van der Waals surface area contributed by atoms with Gasteiger partial charge in [-0.1, -0.05) is 0 Å². The number of fused-ring (bicyclic) bond motifs is 4. The van der Waals surface area contributed by atoms with E-state index in [1.165, 1.54) is 27.7 Å². The van der Waals surface area contributed by atoms with Crippen molar-refractivity contribution in [2.45, 2.75) is 66.1 Å². The molecular formula is C30H31N2O9+. The first-order chi connectivity index (χ1) is 19.4. The van der Waals surface area contributed by atoms with E-state index < -0.39 is 48.4 Å². The Morgan fingerprint density at radius 3 is 2.17 bits per heavy atom. The van der Waals surface area contributed by atoms with Crippen LogP contribution in [0.15, 0.2) is 36.7 Å². The number of ether oxygens (including phenoxy) is 5. The predicted molar refractivity (Wildman–Crippen MR) is 146 cm³/mol. The number of aromatic amines is 1. The Kier molecular flexibility index (Phi) is 7.39. The molecule has 0 spiro atoms. The average molecular weight is 564 g/mol. The summed E-state index contributed by atoms with van der Waals surface area (Å²) in [5, 5.41) is 3.79. The largest absolute Gasteiger partial charge is 0.456 e. The number of hydrogen-bond donors (Lipinski definition) is 1. The first-order valence-corrected chi connectivity index (χ1v) is 13.2. The van der Waals surface area contributed by atoms with Crippen molar-refractivity contribution in [3.8, 4) is 5.75 Å². The Hall–Kier alpha value is -4.51. The average Bonchev–Trinajstić information content (AvgIpc) is 3.27. The van der Waals surface area contributed by atoms with Gasteiger partial charge < -0.3 is 28.7 Å². The van der Waals surface area contributed by atoms with Gasteiger partial charge in [-0.15, -0.1) is 0 Å². The van der Waals surface area contributed by atoms with Gasteiger partial charge in [-0.05, 0) is 48.6 Å². The Bertz CT molecular complexity index is 1720. The van der Waals surface area contributed by atoms with Crippen LogP contribution in [0.2, 0.25) is 0 Å². The Balaban J connectivity index is 1.65. The van der Waals surface area contributed by atoms with Gasteiger partial charge >= 0.3 is 30.1 Å². The number of hydrogen-bond acceptors (Lipinski definition) is 9. The van der Waals surface area contributed by atoms with Crippen LogP contribution < -0.4 is 9.30 Å². The van der Waals surface area contributed by atoms with Gasteiger partial charge in [0.1, 0.15) is 5.75 Å². The van der Waals surface area contributed by atoms with Gasteiger partial charge in [-0.25, -0.2) is 0 Å². The van der Waals surface area contributed by atoms with Gasteiger partial charge in [0.05, 0.1) is 12.1 Å². The lowest BCUT2D eigenvalue weighted by molar-refractivity contribution is -0.773. The van der Waals surface area contributed by atoms with Crippen LogP contribution in [0.3, 0.4) is 0 Å². The standard InChI is InChI=1S/C30H30N2O9/c1-14-23-12-32(30-29(41-19(6)36)28(40-18(5)35)25(13-37-30)39-17(4)34)10-9-21(23)15(2)27-26(14)22-11-20(38-16(3)33)7-8-24(22)31-27/h7-12,25,28-30H,13H2,1-6H3/p+1/t25-,28+,29-,30?/m1/s1. The molecule has 2 aromatic heterocycles. The summed E-state index contributed by atoms with van der Waals surface area (Å²) in [6.45, 7) is 9.02. The third kappa shape index (κ3) is 5.32. The van der Waals surface area contributed by atoms with Crippen molar-refractivity contribution in [2.24, 2.45) is 0 Å². The maximum Gasteiger partial charge on any atom is 0.308 e. The van der Waals surface area contributed by atoms with E-state index in [4.69, 9.17) is 23.7 Å². The van der Waals surface area contributed by atoms with E-state index in [0.29, 0.717) is 5.75 Å². The van der Waals surface area contributed by atoms with Crippen molar-refractivity contribution in [1.82, 2.24) is 4.98 Å². The fraction of sp³-hybridized carbons (Fsp3) is 0.367. The van der Waals surface area contributed by atoms with Gasteiger partial charge in [-0.3, -0.25) is 19.2 Å². The van der Waals surface area contributed by atoms with Crippen LogP contribution in [0.25, 0.3) is 32.6 Å². The summed E-state index contributed by atoms with van der Waals surface area (Å²) in [6, 6.07) is 7.41. The summed E-state index contributed by atoms with van der Waals surface area (Å²) in [4.78, 5) is 50.9. The topological polar surface area (TPSA) is 134 Å². The molecule has 214 valence electrons. The lowest BCUT2D eigenvalue weighted by atomic mass is 9.96. The number of aromatic nitrogens is 2. The van der Waals surface area contributed by atoms with Crippen molar-refractivity contribution in [3.05, 3.63) is 47.8 Å². The molecule has 1 aliphatic heterocycles. The molecule has 1 aliphatic rings. The Morgan fingerprint density at radius 1 is 0.829 bits per heavy atom. The van der Waals surface area contributed by atoms with Crippen molar-refractivity contribution < 1.29 is 47.4 Å². The van der Waals surface area contributed by atoms with Gasteiger partial charge in [-0.2, -0.15) is 4.57 Å². The first kappa shape index (κ1) is 28.0. The van der Waals surface area contributed by atoms with E-state index in [2.05, 4.69) is 4.98 Å². The van der Waals surface area contributed by atoms with Crippen LogP contribution in [0.5, 0.6) is 5.75 Å². The van der Waals surface area contributed by atoms with Gasteiger partial charge in [0.15, 0.2) is 24.6 Å². The quantitative estimate of drug-likeness (QED) is 0.167. The second kappa shape index (κ2) is 10.8. The third-order valence-corrected chi connectivity index (χ3v) is 7.19. The highest BCUT2D eigenvalue weighted by Gasteiger charge is 2.51. The normalized spacial score (nSPS) is 20.6. The van der Waals surface area contributed by atoms with Crippen LogP contribution >= 0.6 is 0 Å². The molecule has 4 aromatic rings. The van der Waals surface area contributed by atoms with Crippen LogP contribution in [0, 0.1) is 13.8 Å². The minimum absolute atomic E-state index is 0.0799. The molecule has 41 heavy (non-hydrogen) atoms. The number of nitrogens with zero attached hydrogens (tertiary/aromatic N) is 1. The second-order valence-electron chi connectivity index (χ2n) is 10.2. The van der Waals surface area contributed by atoms with Crippen LogP contribution in [0.4, 0.5) is 0 Å². The molecular weight excluding hydrogens is 532 g/mol. The molecule has 0 amide bonds. The van der Waals surface area contributed by atoms with Crippen molar-refractivity contribution in [2.75, 3.05) is 6.61 Å². The second-order valence-corrected chi connectivity index (χ2v) is 10.2. The molecule has 1 saturated heterocycles. The van der Waals surface area contributed by atoms with E-state index in [1.807, 2.05) is 38.2 Å². The number of carbonyl (C=O) groups is 4. The van der Waals surface area contributed by atoms with E-state index in [9.17, 15) is 19.2 Å². The zero-order valence-electron chi connectivity index (χ0n) is 23.6. The number of H-pyrrole nitrogens is 1. The van der Waals surface area contributed by atoms with Crippen molar-refractivity contribution in [1.29, 1.82) is 0 Å². The zero-order valence-corrected chi connectivity index (χ0v) is 23.6. The lowest BCUT2D eigenvalue weighted by Crippen LogP contribution is -2.61. The number of aryl methyl sites for hydroxylation is 2. The smallest absolute Gasteiger partial charge is 0.308 e. The van der Waals surface area contributed by atoms with Gasteiger partial charge in [0, 0.05) is 55.4 Å². The van der Waals surface area contributed by atoms with Gasteiger partial charge in [0.2, 0.25) is 6.10 Å². The predicted octanol–water partition coefficient (Wildman–Crippen LogP) is 3.63. The fourth-order valence-corrected chi connectivity index (χ4v) is 5.62. The SMILES string of the molecule is CC(=O)Oc1ccc2[nH]c3c(C)c4cc[n+](C5OC[C@@H](OC(C)=O)[C@H](OC(C)=O)[C@H]5OC(C)=O)cc4c(C)c3c2c1. The molecule has 4 atom stereocenters. The molecule has 5 rings (SSSR count). The lowest BCUT2D eigenvalue weighted by Gasteiger charge is -2.37. The molecule has 1 unspecified atom stereocenters. The summed E-state index contributed by atoms with van der Waals surface area (Å²) < 4.78 is 29.6. The summed E-state index contributed by atoms with van der Waals surface area (Å²) in [7, 11) is 0. The molecule has 0 aliphatic carbocycles. The van der Waals surface area contributed by atoms with Crippen molar-refractivity contribution in [3.63, 3.8) is 0 Å².